The summed E-state index contributed by atoms with van der Waals surface area (Å²) in [5, 5.41) is 7.54. The largest absolute Gasteiger partial charge is 0.349 e. The Bertz CT molecular complexity index is 700. The normalized spacial score (nSPS) is 18.4. The van der Waals surface area contributed by atoms with Gasteiger partial charge >= 0.3 is 0 Å². The van der Waals surface area contributed by atoms with Gasteiger partial charge in [0.05, 0.1) is 6.20 Å². The van der Waals surface area contributed by atoms with E-state index in [0.29, 0.717) is 29.1 Å². The van der Waals surface area contributed by atoms with E-state index in [1.165, 1.54) is 25.7 Å². The Balaban J connectivity index is 1.64. The molecule has 2 aromatic heterocycles. The minimum Gasteiger partial charge on any atom is -0.349 e. The first kappa shape index (κ1) is 12.8. The molecule has 1 amide bonds. The monoisotopic (exact) mass is 284 g/mol. The fraction of sp³-hybridized carbons (Fsp3) is 0.562. The van der Waals surface area contributed by atoms with Crippen LogP contribution in [0.5, 0.6) is 0 Å². The number of carbonyl (C=O) groups excluding carboxylic acids is 1. The van der Waals surface area contributed by atoms with E-state index in [-0.39, 0.29) is 5.91 Å². The molecule has 2 saturated carbocycles. The number of carbonyl (C=O) groups is 1. The molecule has 2 aliphatic rings. The Hall–Kier alpha value is -1.91. The van der Waals surface area contributed by atoms with Crippen LogP contribution in [0.3, 0.4) is 0 Å². The van der Waals surface area contributed by atoms with E-state index in [0.717, 1.165) is 11.4 Å². The predicted octanol–water partition coefficient (Wildman–Crippen LogP) is 2.26. The first-order chi connectivity index (χ1) is 10.1. The van der Waals surface area contributed by atoms with Gasteiger partial charge in [0, 0.05) is 17.4 Å². The van der Waals surface area contributed by atoms with Gasteiger partial charge in [-0.05, 0) is 57.4 Å². The fourth-order valence-electron chi connectivity index (χ4n) is 3.19. The molecule has 0 radical (unpaired) electrons. The summed E-state index contributed by atoms with van der Waals surface area (Å²) in [6, 6.07) is 2.33. The lowest BCUT2D eigenvalue weighted by Crippen LogP contribution is -2.38. The summed E-state index contributed by atoms with van der Waals surface area (Å²) < 4.78 is 1.74. The van der Waals surface area contributed by atoms with Gasteiger partial charge in [-0.2, -0.15) is 5.10 Å². The fourth-order valence-corrected chi connectivity index (χ4v) is 3.19. The zero-order chi connectivity index (χ0) is 14.6. The van der Waals surface area contributed by atoms with Crippen LogP contribution >= 0.6 is 0 Å². The van der Waals surface area contributed by atoms with E-state index in [9.17, 15) is 4.79 Å². The molecule has 2 heterocycles. The summed E-state index contributed by atoms with van der Waals surface area (Å²) in [6.07, 6.45) is 6.67. The van der Waals surface area contributed by atoms with Crippen LogP contribution in [-0.2, 0) is 0 Å². The summed E-state index contributed by atoms with van der Waals surface area (Å²) >= 11 is 0. The van der Waals surface area contributed by atoms with Crippen molar-refractivity contribution in [2.75, 3.05) is 0 Å². The topological polar surface area (TPSA) is 59.3 Å². The number of fused-ring (bicyclic) bond motifs is 1. The Morgan fingerprint density at radius 1 is 1.29 bits per heavy atom. The molecule has 0 atom stereocenters. The van der Waals surface area contributed by atoms with Crippen LogP contribution in [0, 0.1) is 25.7 Å². The molecule has 0 bridgehead atoms. The molecule has 0 spiro atoms. The number of nitrogens with zero attached hydrogens (tertiary/aromatic N) is 3. The molecular formula is C16H20N4O. The molecular weight excluding hydrogens is 264 g/mol. The number of rotatable bonds is 4. The van der Waals surface area contributed by atoms with Crippen molar-refractivity contribution in [2.45, 2.75) is 45.6 Å². The molecule has 5 heteroatoms. The maximum absolute atomic E-state index is 12.6. The van der Waals surface area contributed by atoms with E-state index < -0.39 is 0 Å². The third-order valence-corrected chi connectivity index (χ3v) is 4.58. The van der Waals surface area contributed by atoms with Crippen molar-refractivity contribution in [1.29, 1.82) is 0 Å². The van der Waals surface area contributed by atoms with Gasteiger partial charge in [-0.1, -0.05) is 0 Å². The summed E-state index contributed by atoms with van der Waals surface area (Å²) in [7, 11) is 0. The minimum absolute atomic E-state index is 0.0219. The molecule has 21 heavy (non-hydrogen) atoms. The Morgan fingerprint density at radius 3 is 2.57 bits per heavy atom. The summed E-state index contributed by atoms with van der Waals surface area (Å²) in [5.41, 5.74) is 3.16. The second-order valence-corrected chi connectivity index (χ2v) is 6.51. The highest BCUT2D eigenvalue weighted by Crippen LogP contribution is 2.44. The zero-order valence-corrected chi connectivity index (χ0v) is 12.5. The Morgan fingerprint density at radius 2 is 1.95 bits per heavy atom. The van der Waals surface area contributed by atoms with Gasteiger partial charge in [0.25, 0.3) is 5.91 Å². The van der Waals surface area contributed by atoms with Gasteiger partial charge in [-0.25, -0.2) is 9.50 Å². The lowest BCUT2D eigenvalue weighted by Gasteiger charge is -2.17. The standard InChI is InChI=1S/C16H20N4O/c1-9-7-10(2)20-15(18-9)13(8-17-20)16(21)19-14(11-3-4-11)12-5-6-12/h7-8,11-12,14H,3-6H2,1-2H3,(H,19,21). The Kier molecular flexibility index (Phi) is 2.77. The smallest absolute Gasteiger partial charge is 0.257 e. The molecule has 2 fully saturated rings. The van der Waals surface area contributed by atoms with Gasteiger partial charge in [0.15, 0.2) is 5.65 Å². The van der Waals surface area contributed by atoms with Crippen molar-refractivity contribution in [1.82, 2.24) is 19.9 Å². The van der Waals surface area contributed by atoms with Crippen molar-refractivity contribution in [3.63, 3.8) is 0 Å². The quantitative estimate of drug-likeness (QED) is 0.937. The second-order valence-electron chi connectivity index (χ2n) is 6.51. The third-order valence-electron chi connectivity index (χ3n) is 4.58. The number of amides is 1. The van der Waals surface area contributed by atoms with E-state index in [2.05, 4.69) is 15.4 Å². The van der Waals surface area contributed by atoms with Gasteiger partial charge < -0.3 is 5.32 Å². The lowest BCUT2D eigenvalue weighted by atomic mass is 10.1. The highest BCUT2D eigenvalue weighted by atomic mass is 16.1. The summed E-state index contributed by atoms with van der Waals surface area (Å²) in [4.78, 5) is 17.1. The van der Waals surface area contributed by atoms with Crippen LogP contribution in [0.1, 0.15) is 47.4 Å². The first-order valence-corrected chi connectivity index (χ1v) is 7.76. The number of hydrogen-bond donors (Lipinski definition) is 1. The molecule has 2 aromatic rings. The molecule has 110 valence electrons. The maximum atomic E-state index is 12.6. The highest BCUT2D eigenvalue weighted by molar-refractivity contribution is 5.99. The van der Waals surface area contributed by atoms with Crippen molar-refractivity contribution >= 4 is 11.6 Å². The number of hydrogen-bond acceptors (Lipinski definition) is 3. The maximum Gasteiger partial charge on any atom is 0.257 e. The van der Waals surface area contributed by atoms with Gasteiger partial charge in [-0.15, -0.1) is 0 Å². The Labute approximate surface area is 123 Å². The number of aryl methyl sites for hydroxylation is 2. The molecule has 2 aliphatic carbocycles. The van der Waals surface area contributed by atoms with Crippen LogP contribution in [0.25, 0.3) is 5.65 Å². The van der Waals surface area contributed by atoms with Gasteiger partial charge in [0.2, 0.25) is 0 Å². The van der Waals surface area contributed by atoms with Crippen LogP contribution in [0.15, 0.2) is 12.3 Å². The molecule has 0 saturated heterocycles. The van der Waals surface area contributed by atoms with E-state index >= 15 is 0 Å². The highest BCUT2D eigenvalue weighted by Gasteiger charge is 2.42. The zero-order valence-electron chi connectivity index (χ0n) is 12.5. The first-order valence-electron chi connectivity index (χ1n) is 7.76. The SMILES string of the molecule is Cc1cc(C)n2ncc(C(=O)NC(C3CC3)C3CC3)c2n1. The molecule has 0 unspecified atom stereocenters. The third kappa shape index (κ3) is 2.30. The molecule has 0 aromatic carbocycles. The molecule has 4 rings (SSSR count). The predicted molar refractivity (Wildman–Crippen MR) is 79.2 cm³/mol. The molecule has 5 nitrogen and oxygen atoms in total. The molecule has 0 aliphatic heterocycles. The number of nitrogens with one attached hydrogen (secondary N) is 1. The second kappa shape index (κ2) is 4.55. The van der Waals surface area contributed by atoms with Crippen LogP contribution < -0.4 is 5.32 Å². The van der Waals surface area contributed by atoms with Crippen LogP contribution in [0.2, 0.25) is 0 Å². The van der Waals surface area contributed by atoms with E-state index in [1.54, 1.807) is 10.7 Å². The van der Waals surface area contributed by atoms with Crippen LogP contribution in [0.4, 0.5) is 0 Å². The van der Waals surface area contributed by atoms with Gasteiger partial charge in [0.1, 0.15) is 5.56 Å². The summed E-state index contributed by atoms with van der Waals surface area (Å²) in [6.45, 7) is 3.92. The van der Waals surface area contributed by atoms with Gasteiger partial charge in [-0.3, -0.25) is 4.79 Å². The summed E-state index contributed by atoms with van der Waals surface area (Å²) in [5.74, 6) is 1.37. The van der Waals surface area contributed by atoms with Crippen molar-refractivity contribution in [3.05, 3.63) is 29.2 Å². The van der Waals surface area contributed by atoms with Crippen molar-refractivity contribution < 1.29 is 4.79 Å². The molecule has 1 N–H and O–H groups in total. The number of aromatic nitrogens is 3. The minimum atomic E-state index is -0.0219. The van der Waals surface area contributed by atoms with Crippen molar-refractivity contribution in [2.24, 2.45) is 11.8 Å². The van der Waals surface area contributed by atoms with E-state index in [4.69, 9.17) is 0 Å². The average molecular weight is 284 g/mol. The average Bonchev–Trinajstić information content (AvgIpc) is 3.33. The lowest BCUT2D eigenvalue weighted by molar-refractivity contribution is 0.0928. The van der Waals surface area contributed by atoms with Crippen LogP contribution in [-0.4, -0.2) is 26.5 Å². The van der Waals surface area contributed by atoms with E-state index in [1.807, 2.05) is 19.9 Å². The van der Waals surface area contributed by atoms with Crippen molar-refractivity contribution in [3.8, 4) is 0 Å².